The maximum Gasteiger partial charge on any atom is -0.00261 e. The Hall–Kier alpha value is -7.02. The molecule has 0 amide bonds. The third-order valence-corrected chi connectivity index (χ3v) is 11.4. The van der Waals surface area contributed by atoms with Crippen molar-refractivity contribution in [3.63, 3.8) is 0 Å². The van der Waals surface area contributed by atoms with Gasteiger partial charge in [-0.2, -0.15) is 0 Å². The minimum Gasteiger partial charge on any atom is -0.0622 e. The first kappa shape index (κ1) is 30.6. The Morgan fingerprint density at radius 2 is 0.611 bits per heavy atom. The van der Waals surface area contributed by atoms with E-state index in [9.17, 15) is 0 Å². The molecule has 0 unspecified atom stereocenters. The van der Waals surface area contributed by atoms with E-state index in [1.807, 2.05) is 0 Å². The Morgan fingerprint density at radius 3 is 1.22 bits per heavy atom. The zero-order valence-corrected chi connectivity index (χ0v) is 29.6. The lowest BCUT2D eigenvalue weighted by atomic mass is 9.84. The summed E-state index contributed by atoms with van der Waals surface area (Å²) >= 11 is 0. The topological polar surface area (TPSA) is 0 Å². The minimum absolute atomic E-state index is 1.22. The Labute approximate surface area is 314 Å². The lowest BCUT2D eigenvalue weighted by Gasteiger charge is -2.19. The van der Waals surface area contributed by atoms with E-state index in [1.165, 1.54) is 109 Å². The number of fused-ring (bicyclic) bond motifs is 9. The highest BCUT2D eigenvalue weighted by Gasteiger charge is 2.18. The van der Waals surface area contributed by atoms with E-state index < -0.39 is 0 Å². The molecule has 11 aromatic rings. The maximum atomic E-state index is 2.43. The lowest BCUT2D eigenvalue weighted by molar-refractivity contribution is 1.61. The monoisotopic (exact) mass is 682 g/mol. The smallest absolute Gasteiger partial charge is 0.00261 e. The number of benzene rings is 11. The molecule has 0 aliphatic rings. The Balaban J connectivity index is 1.14. The molecule has 54 heavy (non-hydrogen) atoms. The van der Waals surface area contributed by atoms with E-state index in [0.29, 0.717) is 0 Å². The molecule has 0 N–H and O–H groups in total. The van der Waals surface area contributed by atoms with Gasteiger partial charge in [0.15, 0.2) is 0 Å². The standard InChI is InChI=1S/C54H34/c1-2-15-36(16-3-1)53-47-24-10-12-26-49(47)54(50-27-13-11-25-48(50)53)38-30-29-35-17-14-28-44(51(35)34-38)40-19-5-4-18-39(40)37-31-32-46-43-22-7-6-20-41(43)42-21-8-9-23-45(42)52(46)33-37/h1-34H. The van der Waals surface area contributed by atoms with Gasteiger partial charge in [-0.1, -0.05) is 194 Å². The fraction of sp³-hybridized carbons (Fsp3) is 0. The van der Waals surface area contributed by atoms with Crippen LogP contribution in [-0.2, 0) is 0 Å². The van der Waals surface area contributed by atoms with Crippen molar-refractivity contribution in [2.24, 2.45) is 0 Å². The van der Waals surface area contributed by atoms with Crippen LogP contribution >= 0.6 is 0 Å². The Kier molecular flexibility index (Phi) is 6.97. The summed E-state index contributed by atoms with van der Waals surface area (Å²) in [5.41, 5.74) is 9.96. The van der Waals surface area contributed by atoms with Crippen LogP contribution in [0.3, 0.4) is 0 Å². The average molecular weight is 683 g/mol. The van der Waals surface area contributed by atoms with Gasteiger partial charge in [-0.25, -0.2) is 0 Å². The average Bonchev–Trinajstić information content (AvgIpc) is 3.25. The number of rotatable bonds is 4. The van der Waals surface area contributed by atoms with Crippen LogP contribution in [0, 0.1) is 0 Å². The Bertz CT molecular complexity index is 3170. The number of hydrogen-bond acceptors (Lipinski definition) is 0. The lowest BCUT2D eigenvalue weighted by Crippen LogP contribution is -1.91. The summed E-state index contributed by atoms with van der Waals surface area (Å²) in [7, 11) is 0. The first-order valence-corrected chi connectivity index (χ1v) is 18.8. The quantitative estimate of drug-likeness (QED) is 0.128. The second kappa shape index (κ2) is 12.3. The highest BCUT2D eigenvalue weighted by molar-refractivity contribution is 6.26. The summed E-state index contributed by atoms with van der Waals surface area (Å²) < 4.78 is 0. The van der Waals surface area contributed by atoms with E-state index in [0.717, 1.165) is 0 Å². The molecule has 0 heteroatoms. The van der Waals surface area contributed by atoms with E-state index in [1.54, 1.807) is 0 Å². The largest absolute Gasteiger partial charge is 0.0622 e. The molecular formula is C54H34. The molecule has 0 fully saturated rings. The fourth-order valence-corrected chi connectivity index (χ4v) is 9.06. The third kappa shape index (κ3) is 4.71. The first-order chi connectivity index (χ1) is 26.8. The zero-order valence-electron chi connectivity index (χ0n) is 29.6. The van der Waals surface area contributed by atoms with Gasteiger partial charge < -0.3 is 0 Å². The Morgan fingerprint density at radius 1 is 0.185 bits per heavy atom. The minimum atomic E-state index is 1.22. The van der Waals surface area contributed by atoms with Crippen molar-refractivity contribution in [1.82, 2.24) is 0 Å². The molecule has 250 valence electrons. The normalized spacial score (nSPS) is 11.7. The van der Waals surface area contributed by atoms with Gasteiger partial charge in [-0.3, -0.25) is 0 Å². The van der Waals surface area contributed by atoms with Gasteiger partial charge in [0, 0.05) is 0 Å². The molecule has 0 aromatic heterocycles. The van der Waals surface area contributed by atoms with Gasteiger partial charge in [-0.05, 0) is 121 Å². The van der Waals surface area contributed by atoms with Gasteiger partial charge in [0.1, 0.15) is 0 Å². The van der Waals surface area contributed by atoms with E-state index in [2.05, 4.69) is 206 Å². The van der Waals surface area contributed by atoms with Crippen molar-refractivity contribution in [2.45, 2.75) is 0 Å². The van der Waals surface area contributed by atoms with Crippen molar-refractivity contribution in [1.29, 1.82) is 0 Å². The van der Waals surface area contributed by atoms with Crippen LogP contribution in [-0.4, -0.2) is 0 Å². The van der Waals surface area contributed by atoms with Gasteiger partial charge >= 0.3 is 0 Å². The predicted octanol–water partition coefficient (Wildman–Crippen LogP) is 15.3. The summed E-state index contributed by atoms with van der Waals surface area (Å²) in [6.07, 6.45) is 0. The molecule has 0 atom stereocenters. The van der Waals surface area contributed by atoms with Crippen LogP contribution in [0.1, 0.15) is 0 Å². The highest BCUT2D eigenvalue weighted by Crippen LogP contribution is 2.46. The highest BCUT2D eigenvalue weighted by atomic mass is 14.2. The molecule has 0 saturated carbocycles. The van der Waals surface area contributed by atoms with Gasteiger partial charge in [-0.15, -0.1) is 0 Å². The van der Waals surface area contributed by atoms with Gasteiger partial charge in [0.2, 0.25) is 0 Å². The van der Waals surface area contributed by atoms with Crippen molar-refractivity contribution in [3.8, 4) is 44.5 Å². The van der Waals surface area contributed by atoms with E-state index in [-0.39, 0.29) is 0 Å². The predicted molar refractivity (Wildman–Crippen MR) is 233 cm³/mol. The zero-order chi connectivity index (χ0) is 35.6. The van der Waals surface area contributed by atoms with E-state index in [4.69, 9.17) is 0 Å². The molecule has 0 aliphatic heterocycles. The van der Waals surface area contributed by atoms with Crippen LogP contribution in [0.4, 0.5) is 0 Å². The van der Waals surface area contributed by atoms with Gasteiger partial charge in [0.25, 0.3) is 0 Å². The molecule has 0 saturated heterocycles. The SMILES string of the molecule is c1ccc(-c2c3ccccc3c(-c3ccc4cccc(-c5ccccc5-c5ccc6c7ccccc7c7ccccc7c6c5)c4c3)c3ccccc23)cc1. The second-order valence-electron chi connectivity index (χ2n) is 14.3. The molecule has 0 bridgehead atoms. The van der Waals surface area contributed by atoms with Crippen molar-refractivity contribution in [2.75, 3.05) is 0 Å². The van der Waals surface area contributed by atoms with Crippen LogP contribution in [0.2, 0.25) is 0 Å². The van der Waals surface area contributed by atoms with Crippen LogP contribution in [0.25, 0.3) is 109 Å². The summed E-state index contributed by atoms with van der Waals surface area (Å²) in [6.45, 7) is 0. The van der Waals surface area contributed by atoms with Crippen molar-refractivity contribution < 1.29 is 0 Å². The maximum absolute atomic E-state index is 2.43. The second-order valence-corrected chi connectivity index (χ2v) is 14.3. The summed E-state index contributed by atoms with van der Waals surface area (Å²) in [5, 5.41) is 15.3. The molecule has 11 rings (SSSR count). The summed E-state index contributed by atoms with van der Waals surface area (Å²) in [5.74, 6) is 0. The van der Waals surface area contributed by atoms with Crippen LogP contribution in [0.15, 0.2) is 206 Å². The van der Waals surface area contributed by atoms with Crippen molar-refractivity contribution >= 4 is 64.6 Å². The van der Waals surface area contributed by atoms with Gasteiger partial charge in [0.05, 0.1) is 0 Å². The van der Waals surface area contributed by atoms with Crippen LogP contribution < -0.4 is 0 Å². The molecule has 0 heterocycles. The summed E-state index contributed by atoms with van der Waals surface area (Å²) in [4.78, 5) is 0. The van der Waals surface area contributed by atoms with E-state index >= 15 is 0 Å². The first-order valence-electron chi connectivity index (χ1n) is 18.8. The molecule has 0 radical (unpaired) electrons. The number of hydrogen-bond donors (Lipinski definition) is 0. The summed E-state index contributed by atoms with van der Waals surface area (Å²) in [6, 6.07) is 76.1. The molecule has 0 nitrogen and oxygen atoms in total. The molecule has 0 spiro atoms. The molecule has 0 aliphatic carbocycles. The van der Waals surface area contributed by atoms with Crippen LogP contribution in [0.5, 0.6) is 0 Å². The molecular weight excluding hydrogens is 649 g/mol. The van der Waals surface area contributed by atoms with Crippen molar-refractivity contribution in [3.05, 3.63) is 206 Å². The fourth-order valence-electron chi connectivity index (χ4n) is 9.06. The molecule has 11 aromatic carbocycles. The third-order valence-electron chi connectivity index (χ3n) is 11.4.